The lowest BCUT2D eigenvalue weighted by Crippen LogP contribution is -2.18. The average molecular weight is 219 g/mol. The summed E-state index contributed by atoms with van der Waals surface area (Å²) < 4.78 is 1.52. The van der Waals surface area contributed by atoms with Crippen LogP contribution in [0.15, 0.2) is 24.5 Å². The van der Waals surface area contributed by atoms with Crippen molar-refractivity contribution in [3.8, 4) is 0 Å². The van der Waals surface area contributed by atoms with Gasteiger partial charge in [0, 0.05) is 0 Å². The fourth-order valence-electron chi connectivity index (χ4n) is 1.48. The fraction of sp³-hybridized carbons (Fsp3) is 0.100. The molecular formula is C10H9N3O3. The maximum atomic E-state index is 10.8. The minimum Gasteiger partial charge on any atom is -0.478 e. The van der Waals surface area contributed by atoms with Gasteiger partial charge in [-0.25, -0.2) is 9.78 Å². The first-order chi connectivity index (χ1) is 7.58. The lowest BCUT2D eigenvalue weighted by molar-refractivity contribution is -0.118. The van der Waals surface area contributed by atoms with Crippen LogP contribution in [0.1, 0.15) is 10.4 Å². The molecule has 0 bridgehead atoms. The molecule has 0 spiro atoms. The Kier molecular flexibility index (Phi) is 2.32. The first kappa shape index (κ1) is 10.2. The number of carboxylic acid groups (broad SMARTS) is 1. The lowest BCUT2D eigenvalue weighted by Gasteiger charge is -2.01. The number of rotatable bonds is 3. The molecule has 82 valence electrons. The van der Waals surface area contributed by atoms with Gasteiger partial charge in [0.25, 0.3) is 0 Å². The van der Waals surface area contributed by atoms with E-state index in [1.807, 2.05) is 0 Å². The number of benzene rings is 1. The summed E-state index contributed by atoms with van der Waals surface area (Å²) in [6.45, 7) is -0.0143. The highest BCUT2D eigenvalue weighted by molar-refractivity contribution is 5.92. The van der Waals surface area contributed by atoms with Crippen molar-refractivity contribution in [2.24, 2.45) is 5.73 Å². The maximum Gasteiger partial charge on any atom is 0.335 e. The van der Waals surface area contributed by atoms with Crippen molar-refractivity contribution in [1.29, 1.82) is 0 Å². The average Bonchev–Trinajstić information content (AvgIpc) is 2.60. The summed E-state index contributed by atoms with van der Waals surface area (Å²) in [6, 6.07) is 4.52. The van der Waals surface area contributed by atoms with E-state index in [1.165, 1.54) is 23.0 Å². The van der Waals surface area contributed by atoms with Gasteiger partial charge in [-0.1, -0.05) is 0 Å². The summed E-state index contributed by atoms with van der Waals surface area (Å²) in [5.41, 5.74) is 6.43. The Morgan fingerprint density at radius 2 is 2.19 bits per heavy atom. The topological polar surface area (TPSA) is 98.2 Å². The number of aromatic carboxylic acids is 1. The number of amides is 1. The molecule has 6 nitrogen and oxygen atoms in total. The number of carbonyl (C=O) groups excluding carboxylic acids is 1. The van der Waals surface area contributed by atoms with Crippen molar-refractivity contribution < 1.29 is 14.7 Å². The van der Waals surface area contributed by atoms with Gasteiger partial charge < -0.3 is 15.4 Å². The Morgan fingerprint density at radius 1 is 1.44 bits per heavy atom. The second-order valence-corrected chi connectivity index (χ2v) is 3.35. The molecule has 0 saturated carbocycles. The van der Waals surface area contributed by atoms with E-state index in [0.717, 1.165) is 0 Å². The highest BCUT2D eigenvalue weighted by Crippen LogP contribution is 2.14. The molecule has 0 aliphatic heterocycles. The molecule has 1 heterocycles. The first-order valence-corrected chi connectivity index (χ1v) is 4.54. The van der Waals surface area contributed by atoms with Gasteiger partial charge in [0.15, 0.2) is 0 Å². The van der Waals surface area contributed by atoms with Crippen LogP contribution in [-0.4, -0.2) is 26.5 Å². The van der Waals surface area contributed by atoms with E-state index in [0.29, 0.717) is 11.0 Å². The third-order valence-electron chi connectivity index (χ3n) is 2.19. The van der Waals surface area contributed by atoms with Crippen LogP contribution in [0, 0.1) is 0 Å². The molecule has 0 fully saturated rings. The van der Waals surface area contributed by atoms with Crippen molar-refractivity contribution in [2.45, 2.75) is 6.54 Å². The molecule has 2 aromatic rings. The van der Waals surface area contributed by atoms with Gasteiger partial charge in [-0.05, 0) is 18.2 Å². The van der Waals surface area contributed by atoms with E-state index in [2.05, 4.69) is 4.98 Å². The molecule has 3 N–H and O–H groups in total. The minimum atomic E-state index is -1.02. The number of imidazole rings is 1. The number of carboxylic acids is 1. The minimum absolute atomic E-state index is 0.0143. The Bertz CT molecular complexity index is 574. The Morgan fingerprint density at radius 3 is 2.81 bits per heavy atom. The molecular weight excluding hydrogens is 210 g/mol. The molecule has 0 aliphatic carbocycles. The fourth-order valence-corrected chi connectivity index (χ4v) is 1.48. The Labute approximate surface area is 90.3 Å². The van der Waals surface area contributed by atoms with Gasteiger partial charge in [-0.2, -0.15) is 0 Å². The quantitative estimate of drug-likeness (QED) is 0.771. The molecule has 16 heavy (non-hydrogen) atoms. The van der Waals surface area contributed by atoms with Crippen molar-refractivity contribution in [3.05, 3.63) is 30.1 Å². The molecule has 6 heteroatoms. The monoisotopic (exact) mass is 219 g/mol. The number of hydrogen-bond acceptors (Lipinski definition) is 3. The van der Waals surface area contributed by atoms with E-state index in [4.69, 9.17) is 10.8 Å². The van der Waals surface area contributed by atoms with Crippen LogP contribution >= 0.6 is 0 Å². The molecule has 1 amide bonds. The SMILES string of the molecule is NC(=O)Cn1cnc2ccc(C(=O)O)cc21. The maximum absolute atomic E-state index is 10.8. The van der Waals surface area contributed by atoms with Gasteiger partial charge >= 0.3 is 5.97 Å². The van der Waals surface area contributed by atoms with Gasteiger partial charge in [0.1, 0.15) is 6.54 Å². The largest absolute Gasteiger partial charge is 0.478 e. The van der Waals surface area contributed by atoms with Crippen molar-refractivity contribution >= 4 is 22.9 Å². The normalized spacial score (nSPS) is 10.5. The second-order valence-electron chi connectivity index (χ2n) is 3.35. The van der Waals surface area contributed by atoms with Crippen LogP contribution in [0.2, 0.25) is 0 Å². The Balaban J connectivity index is 2.55. The smallest absolute Gasteiger partial charge is 0.335 e. The van der Waals surface area contributed by atoms with Gasteiger partial charge in [0.2, 0.25) is 5.91 Å². The van der Waals surface area contributed by atoms with E-state index in [1.54, 1.807) is 6.07 Å². The van der Waals surface area contributed by atoms with Crippen LogP contribution in [0.4, 0.5) is 0 Å². The third-order valence-corrected chi connectivity index (χ3v) is 2.19. The predicted octanol–water partition coefficient (Wildman–Crippen LogP) is 0.220. The third kappa shape index (κ3) is 1.72. The molecule has 0 radical (unpaired) electrons. The van der Waals surface area contributed by atoms with Crippen LogP contribution in [0.3, 0.4) is 0 Å². The summed E-state index contributed by atoms with van der Waals surface area (Å²) in [5.74, 6) is -1.52. The molecule has 0 unspecified atom stereocenters. The predicted molar refractivity (Wildman–Crippen MR) is 55.9 cm³/mol. The summed E-state index contributed by atoms with van der Waals surface area (Å²) in [6.07, 6.45) is 1.46. The number of primary amides is 1. The number of hydrogen-bond donors (Lipinski definition) is 2. The Hall–Kier alpha value is -2.37. The van der Waals surface area contributed by atoms with Crippen LogP contribution in [0.25, 0.3) is 11.0 Å². The zero-order chi connectivity index (χ0) is 11.7. The highest BCUT2D eigenvalue weighted by Gasteiger charge is 2.08. The van der Waals surface area contributed by atoms with Crippen molar-refractivity contribution in [3.63, 3.8) is 0 Å². The molecule has 2 rings (SSSR count). The van der Waals surface area contributed by atoms with E-state index in [-0.39, 0.29) is 12.1 Å². The number of fused-ring (bicyclic) bond motifs is 1. The van der Waals surface area contributed by atoms with Crippen molar-refractivity contribution in [2.75, 3.05) is 0 Å². The van der Waals surface area contributed by atoms with Crippen LogP contribution < -0.4 is 5.73 Å². The molecule has 1 aromatic carbocycles. The van der Waals surface area contributed by atoms with Gasteiger partial charge in [0.05, 0.1) is 22.9 Å². The molecule has 1 aromatic heterocycles. The van der Waals surface area contributed by atoms with Gasteiger partial charge in [-0.3, -0.25) is 4.79 Å². The molecule has 0 atom stereocenters. The van der Waals surface area contributed by atoms with E-state index < -0.39 is 11.9 Å². The standard InChI is InChI=1S/C10H9N3O3/c11-9(14)4-13-5-12-7-2-1-6(10(15)16)3-8(7)13/h1-3,5H,4H2,(H2,11,14)(H,15,16). The zero-order valence-electron chi connectivity index (χ0n) is 8.25. The highest BCUT2D eigenvalue weighted by atomic mass is 16.4. The molecule has 0 saturated heterocycles. The second kappa shape index (κ2) is 3.65. The molecule has 0 aliphatic rings. The summed E-state index contributed by atoms with van der Waals surface area (Å²) in [7, 11) is 0. The lowest BCUT2D eigenvalue weighted by atomic mass is 10.2. The number of nitrogens with two attached hydrogens (primary N) is 1. The van der Waals surface area contributed by atoms with Crippen LogP contribution in [0.5, 0.6) is 0 Å². The first-order valence-electron chi connectivity index (χ1n) is 4.54. The summed E-state index contributed by atoms with van der Waals surface area (Å²) in [5, 5.41) is 8.83. The summed E-state index contributed by atoms with van der Waals surface area (Å²) >= 11 is 0. The van der Waals surface area contributed by atoms with Gasteiger partial charge in [-0.15, -0.1) is 0 Å². The zero-order valence-corrected chi connectivity index (χ0v) is 8.25. The van der Waals surface area contributed by atoms with E-state index in [9.17, 15) is 9.59 Å². The summed E-state index contributed by atoms with van der Waals surface area (Å²) in [4.78, 5) is 25.6. The van der Waals surface area contributed by atoms with E-state index >= 15 is 0 Å². The van der Waals surface area contributed by atoms with Crippen LogP contribution in [-0.2, 0) is 11.3 Å². The number of carbonyl (C=O) groups is 2. The number of aromatic nitrogens is 2. The number of nitrogens with zero attached hydrogens (tertiary/aromatic N) is 2. The van der Waals surface area contributed by atoms with Crippen molar-refractivity contribution in [1.82, 2.24) is 9.55 Å².